The van der Waals surface area contributed by atoms with Crippen molar-refractivity contribution in [2.75, 3.05) is 0 Å². The Kier molecular flexibility index (Phi) is 3.52. The summed E-state index contributed by atoms with van der Waals surface area (Å²) >= 11 is 3.65. The van der Waals surface area contributed by atoms with Gasteiger partial charge in [0.05, 0.1) is 0 Å². The lowest BCUT2D eigenvalue weighted by molar-refractivity contribution is -0.137. The highest BCUT2D eigenvalue weighted by Crippen LogP contribution is 2.51. The number of carbonyl (C=O) groups is 1. The van der Waals surface area contributed by atoms with Gasteiger partial charge in [0.25, 0.3) is 0 Å². The van der Waals surface area contributed by atoms with Crippen molar-refractivity contribution in [3.63, 3.8) is 0 Å². The summed E-state index contributed by atoms with van der Waals surface area (Å²) in [5.74, 6) is 0.347. The summed E-state index contributed by atoms with van der Waals surface area (Å²) in [6.45, 7) is 4.04. The molecule has 114 valence electrons. The number of carbonyl (C=O) groups excluding carboxylic acids is 1. The van der Waals surface area contributed by atoms with E-state index in [2.05, 4.69) is 15.9 Å². The smallest absolute Gasteiger partial charge is 0.326 e. The molecule has 0 radical (unpaired) electrons. The molecule has 1 N–H and O–H groups in total. The van der Waals surface area contributed by atoms with E-state index in [1.54, 1.807) is 12.1 Å². The molecule has 2 aromatic carbocycles. The van der Waals surface area contributed by atoms with Gasteiger partial charge in [0, 0.05) is 9.89 Å². The van der Waals surface area contributed by atoms with Crippen LogP contribution in [0.1, 0.15) is 31.4 Å². The Balaban J connectivity index is 2.28. The third-order valence-corrected chi connectivity index (χ3v) is 4.21. The zero-order chi connectivity index (χ0) is 16.0. The fourth-order valence-electron chi connectivity index (χ4n) is 3.13. The molecule has 0 aliphatic carbocycles. The molecule has 0 bridgehead atoms. The monoisotopic (exact) mass is 360 g/mol. The third kappa shape index (κ3) is 2.41. The average molecular weight is 361 g/mol. The van der Waals surface area contributed by atoms with Gasteiger partial charge >= 0.3 is 5.97 Å². The molecule has 0 saturated heterocycles. The Morgan fingerprint density at radius 3 is 2.50 bits per heavy atom. The summed E-state index contributed by atoms with van der Waals surface area (Å²) in [6, 6.07) is 14.4. The van der Waals surface area contributed by atoms with Crippen LogP contribution >= 0.6 is 15.9 Å². The quantitative estimate of drug-likeness (QED) is 0.507. The number of benzene rings is 2. The molecular formula is C18H17BrO3. The summed E-state index contributed by atoms with van der Waals surface area (Å²) in [5.41, 5.74) is 0.676. The number of alkyl halides is 1. The van der Waals surface area contributed by atoms with Crippen LogP contribution in [0.4, 0.5) is 0 Å². The first-order valence-corrected chi connectivity index (χ1v) is 7.92. The number of hydrogen-bond donors (Lipinski definition) is 1. The molecule has 1 aliphatic rings. The molecule has 1 atom stereocenters. The molecule has 1 unspecified atom stereocenters. The van der Waals surface area contributed by atoms with Gasteiger partial charge in [-0.2, -0.15) is 0 Å². The van der Waals surface area contributed by atoms with Gasteiger partial charge in [0.2, 0.25) is 0 Å². The lowest BCUT2D eigenvalue weighted by Gasteiger charge is -2.32. The molecule has 1 aliphatic heterocycles. The van der Waals surface area contributed by atoms with Crippen molar-refractivity contribution in [1.82, 2.24) is 0 Å². The van der Waals surface area contributed by atoms with Gasteiger partial charge in [-0.1, -0.05) is 60.1 Å². The highest BCUT2D eigenvalue weighted by molar-refractivity contribution is 9.10. The minimum atomic E-state index is -0.914. The van der Waals surface area contributed by atoms with Crippen LogP contribution in [0.2, 0.25) is 0 Å². The number of phenolic OH excluding ortho intramolecular Hbond substituents is 1. The molecule has 0 saturated carbocycles. The summed E-state index contributed by atoms with van der Waals surface area (Å²) in [6.07, 6.45) is 0.527. The Labute approximate surface area is 138 Å². The number of ether oxygens (including phenoxy) is 1. The van der Waals surface area contributed by atoms with Crippen molar-refractivity contribution in [1.29, 1.82) is 0 Å². The van der Waals surface area contributed by atoms with Crippen molar-refractivity contribution < 1.29 is 14.6 Å². The van der Waals surface area contributed by atoms with E-state index in [0.29, 0.717) is 12.2 Å². The molecule has 3 nitrogen and oxygen atoms in total. The van der Waals surface area contributed by atoms with Gasteiger partial charge in [-0.3, -0.25) is 4.79 Å². The zero-order valence-corrected chi connectivity index (χ0v) is 14.1. The molecule has 0 aromatic heterocycles. The molecule has 1 heterocycles. The highest BCUT2D eigenvalue weighted by Gasteiger charge is 2.52. The van der Waals surface area contributed by atoms with E-state index in [0.717, 1.165) is 11.1 Å². The fourth-order valence-corrected chi connectivity index (χ4v) is 3.55. The second-order valence-electron chi connectivity index (χ2n) is 6.24. The first-order chi connectivity index (χ1) is 10.3. The molecule has 0 fully saturated rings. The Morgan fingerprint density at radius 1 is 1.18 bits per heavy atom. The minimum Gasteiger partial charge on any atom is -0.508 e. The number of rotatable bonds is 3. The maximum atomic E-state index is 12.8. The standard InChI is InChI=1S/C18H17BrO3/c1-17(2,19)11-18(12-6-4-3-5-7-12)14-10-13(20)8-9-15(14)22-16(18)21/h3-10,20H,11H2,1-2H3. The van der Waals surface area contributed by atoms with Crippen molar-refractivity contribution in [3.8, 4) is 11.5 Å². The van der Waals surface area contributed by atoms with Gasteiger partial charge in [-0.05, 0) is 30.2 Å². The number of aromatic hydroxyl groups is 1. The van der Waals surface area contributed by atoms with Crippen LogP contribution in [-0.4, -0.2) is 15.4 Å². The Hall–Kier alpha value is -1.81. The van der Waals surface area contributed by atoms with E-state index >= 15 is 0 Å². The predicted molar refractivity (Wildman–Crippen MR) is 88.6 cm³/mol. The van der Waals surface area contributed by atoms with Gasteiger partial charge in [-0.15, -0.1) is 0 Å². The molecule has 22 heavy (non-hydrogen) atoms. The number of esters is 1. The van der Waals surface area contributed by atoms with E-state index in [-0.39, 0.29) is 16.0 Å². The van der Waals surface area contributed by atoms with Crippen molar-refractivity contribution in [3.05, 3.63) is 59.7 Å². The van der Waals surface area contributed by atoms with Crippen molar-refractivity contribution in [2.45, 2.75) is 30.0 Å². The number of phenols is 1. The minimum absolute atomic E-state index is 0.129. The molecule has 0 spiro atoms. The van der Waals surface area contributed by atoms with Crippen LogP contribution in [-0.2, 0) is 10.2 Å². The summed E-state index contributed by atoms with van der Waals surface area (Å²) in [4.78, 5) is 12.8. The lowest BCUT2D eigenvalue weighted by Crippen LogP contribution is -2.39. The Bertz CT molecular complexity index is 719. The van der Waals surface area contributed by atoms with Crippen molar-refractivity contribution in [2.24, 2.45) is 0 Å². The van der Waals surface area contributed by atoms with E-state index in [4.69, 9.17) is 4.74 Å². The van der Waals surface area contributed by atoms with E-state index in [9.17, 15) is 9.90 Å². The highest BCUT2D eigenvalue weighted by atomic mass is 79.9. The van der Waals surface area contributed by atoms with Crippen LogP contribution < -0.4 is 4.74 Å². The summed E-state index contributed by atoms with van der Waals surface area (Å²) in [5, 5.41) is 9.88. The zero-order valence-electron chi connectivity index (χ0n) is 12.5. The summed E-state index contributed by atoms with van der Waals surface area (Å²) < 4.78 is 5.24. The van der Waals surface area contributed by atoms with Crippen LogP contribution in [0.5, 0.6) is 11.5 Å². The molecule has 3 rings (SSSR count). The van der Waals surface area contributed by atoms with Crippen molar-refractivity contribution >= 4 is 21.9 Å². The Morgan fingerprint density at radius 2 is 1.86 bits per heavy atom. The van der Waals surface area contributed by atoms with E-state index in [1.165, 1.54) is 6.07 Å². The van der Waals surface area contributed by atoms with Crippen LogP contribution in [0.15, 0.2) is 48.5 Å². The fraction of sp³-hybridized carbons (Fsp3) is 0.278. The summed E-state index contributed by atoms with van der Waals surface area (Å²) in [7, 11) is 0. The maximum Gasteiger partial charge on any atom is 0.326 e. The number of halogens is 1. The SMILES string of the molecule is CC(C)(Br)CC1(c2ccccc2)C(=O)Oc2ccc(O)cc21. The molecular weight excluding hydrogens is 344 g/mol. The van der Waals surface area contributed by atoms with Crippen LogP contribution in [0, 0.1) is 0 Å². The maximum absolute atomic E-state index is 12.8. The average Bonchev–Trinajstić information content (AvgIpc) is 2.72. The molecule has 4 heteroatoms. The topological polar surface area (TPSA) is 46.5 Å². The largest absolute Gasteiger partial charge is 0.508 e. The van der Waals surface area contributed by atoms with Gasteiger partial charge in [0.1, 0.15) is 16.9 Å². The third-order valence-electron chi connectivity index (χ3n) is 3.93. The predicted octanol–water partition coefficient (Wildman–Crippen LogP) is 4.16. The lowest BCUT2D eigenvalue weighted by atomic mass is 9.70. The van der Waals surface area contributed by atoms with Crippen LogP contribution in [0.3, 0.4) is 0 Å². The molecule has 2 aromatic rings. The normalized spacial score (nSPS) is 20.6. The van der Waals surface area contributed by atoms with Gasteiger partial charge < -0.3 is 9.84 Å². The number of fused-ring (bicyclic) bond motifs is 1. The van der Waals surface area contributed by atoms with E-state index in [1.807, 2.05) is 44.2 Å². The second kappa shape index (κ2) is 5.13. The number of hydrogen-bond acceptors (Lipinski definition) is 3. The second-order valence-corrected chi connectivity index (χ2v) is 8.38. The van der Waals surface area contributed by atoms with Crippen LogP contribution in [0.25, 0.3) is 0 Å². The van der Waals surface area contributed by atoms with Gasteiger partial charge in [-0.25, -0.2) is 0 Å². The van der Waals surface area contributed by atoms with Gasteiger partial charge in [0.15, 0.2) is 0 Å². The molecule has 0 amide bonds. The first-order valence-electron chi connectivity index (χ1n) is 7.13. The van der Waals surface area contributed by atoms with E-state index < -0.39 is 5.41 Å². The first kappa shape index (κ1) is 15.1.